The van der Waals surface area contributed by atoms with Crippen molar-refractivity contribution in [3.63, 3.8) is 0 Å². The molecule has 0 amide bonds. The van der Waals surface area contributed by atoms with Gasteiger partial charge in [-0.15, -0.1) is 0 Å². The normalized spacial score (nSPS) is 26.4. The average Bonchev–Trinajstić information content (AvgIpc) is 3.50. The zero-order valence-electron chi connectivity index (χ0n) is 20.7. The maximum absolute atomic E-state index is 6.45. The second-order valence-electron chi connectivity index (χ2n) is 9.66. The molecule has 9 nitrogen and oxygen atoms in total. The van der Waals surface area contributed by atoms with Gasteiger partial charge in [0, 0.05) is 47.8 Å². The van der Waals surface area contributed by atoms with Crippen LogP contribution >= 0.6 is 27.5 Å². The molecule has 4 atom stereocenters. The van der Waals surface area contributed by atoms with Crippen molar-refractivity contribution in [3.8, 4) is 11.5 Å². The van der Waals surface area contributed by atoms with E-state index in [1.807, 2.05) is 30.3 Å². The summed E-state index contributed by atoms with van der Waals surface area (Å²) in [6.07, 6.45) is 1.19. The molecule has 0 saturated carbocycles. The van der Waals surface area contributed by atoms with E-state index in [4.69, 9.17) is 30.5 Å². The van der Waals surface area contributed by atoms with E-state index >= 15 is 0 Å². The third-order valence-electron chi connectivity index (χ3n) is 7.37. The molecule has 0 bridgehead atoms. The molecule has 0 radical (unpaired) electrons. The van der Waals surface area contributed by atoms with Gasteiger partial charge in [-0.25, -0.2) is 9.97 Å². The number of benzene rings is 2. The largest absolute Gasteiger partial charge is 0.493 e. The number of piperazine rings is 1. The van der Waals surface area contributed by atoms with Gasteiger partial charge in [0.2, 0.25) is 0 Å². The number of nitrogens with one attached hydrogen (secondary N) is 1. The van der Waals surface area contributed by atoms with E-state index in [1.165, 1.54) is 6.33 Å². The van der Waals surface area contributed by atoms with Crippen LogP contribution in [0.2, 0.25) is 5.02 Å². The van der Waals surface area contributed by atoms with E-state index in [0.717, 1.165) is 47.2 Å². The summed E-state index contributed by atoms with van der Waals surface area (Å²) in [5.74, 6) is 1.84. The summed E-state index contributed by atoms with van der Waals surface area (Å²) in [6.45, 7) is 5.33. The van der Waals surface area contributed by atoms with E-state index in [1.54, 1.807) is 7.11 Å². The second kappa shape index (κ2) is 10.5. The molecule has 2 aromatic carbocycles. The molecule has 2 unspecified atom stereocenters. The highest BCUT2D eigenvalue weighted by atomic mass is 79.9. The first-order valence-electron chi connectivity index (χ1n) is 12.4. The van der Waals surface area contributed by atoms with Gasteiger partial charge in [-0.1, -0.05) is 11.6 Å². The van der Waals surface area contributed by atoms with Gasteiger partial charge in [0.25, 0.3) is 0 Å². The molecule has 1 N–H and O–H groups in total. The minimum Gasteiger partial charge on any atom is -0.493 e. The van der Waals surface area contributed by atoms with Crippen LogP contribution in [0.25, 0.3) is 10.9 Å². The van der Waals surface area contributed by atoms with E-state index in [2.05, 4.69) is 48.1 Å². The summed E-state index contributed by atoms with van der Waals surface area (Å²) in [4.78, 5) is 13.8. The van der Waals surface area contributed by atoms with Crippen LogP contribution in [-0.4, -0.2) is 97.7 Å². The molecule has 11 heteroatoms. The predicted octanol–water partition coefficient (Wildman–Crippen LogP) is 3.96. The Morgan fingerprint density at radius 1 is 1.03 bits per heavy atom. The first-order chi connectivity index (χ1) is 18.0. The van der Waals surface area contributed by atoms with Crippen molar-refractivity contribution >= 4 is 49.9 Å². The van der Waals surface area contributed by atoms with Crippen molar-refractivity contribution in [2.45, 2.75) is 24.4 Å². The topological polar surface area (TPSA) is 81.2 Å². The number of likely N-dealkylation sites (N-methyl/N-ethyl adjacent to an activating group) is 1. The van der Waals surface area contributed by atoms with Gasteiger partial charge in [-0.3, -0.25) is 4.90 Å². The van der Waals surface area contributed by atoms with E-state index in [9.17, 15) is 0 Å². The number of hydrogen-bond acceptors (Lipinski definition) is 9. The van der Waals surface area contributed by atoms with Crippen LogP contribution in [0, 0.1) is 0 Å². The van der Waals surface area contributed by atoms with Crippen molar-refractivity contribution in [3.05, 3.63) is 46.2 Å². The summed E-state index contributed by atoms with van der Waals surface area (Å²) in [6, 6.07) is 9.68. The number of rotatable bonds is 6. The lowest BCUT2D eigenvalue weighted by atomic mass is 10.1. The molecule has 196 valence electrons. The summed E-state index contributed by atoms with van der Waals surface area (Å²) in [7, 11) is 3.79. The number of hydrogen-bond donors (Lipinski definition) is 1. The van der Waals surface area contributed by atoms with E-state index < -0.39 is 0 Å². The third-order valence-corrected chi connectivity index (χ3v) is 8.60. The van der Waals surface area contributed by atoms with Crippen LogP contribution in [0.1, 0.15) is 0 Å². The van der Waals surface area contributed by atoms with Crippen LogP contribution < -0.4 is 14.8 Å². The molecule has 3 aliphatic heterocycles. The zero-order chi connectivity index (χ0) is 25.5. The smallest absolute Gasteiger partial charge is 0.164 e. The van der Waals surface area contributed by atoms with Crippen LogP contribution in [0.15, 0.2) is 41.1 Å². The molecule has 3 fully saturated rings. The molecule has 3 saturated heterocycles. The average molecular weight is 591 g/mol. The second-order valence-corrected chi connectivity index (χ2v) is 10.9. The molecule has 3 aromatic rings. The lowest BCUT2D eigenvalue weighted by Crippen LogP contribution is -2.53. The molecule has 3 aliphatic rings. The minimum absolute atomic E-state index is 0.00992. The third kappa shape index (κ3) is 4.98. The van der Waals surface area contributed by atoms with Crippen molar-refractivity contribution < 1.29 is 18.9 Å². The molecule has 4 heterocycles. The number of methoxy groups -OCH3 is 1. The highest BCUT2D eigenvalue weighted by Gasteiger charge is 2.51. The molecule has 1 aromatic heterocycles. The fourth-order valence-corrected chi connectivity index (χ4v) is 5.73. The highest BCUT2D eigenvalue weighted by molar-refractivity contribution is 9.10. The summed E-state index contributed by atoms with van der Waals surface area (Å²) in [5.41, 5.74) is 1.55. The quantitative estimate of drug-likeness (QED) is 0.459. The van der Waals surface area contributed by atoms with Gasteiger partial charge in [-0.2, -0.15) is 0 Å². The lowest BCUT2D eigenvalue weighted by Gasteiger charge is -2.37. The van der Waals surface area contributed by atoms with Crippen LogP contribution in [0.4, 0.5) is 11.5 Å². The molecule has 6 rings (SSSR count). The van der Waals surface area contributed by atoms with Gasteiger partial charge >= 0.3 is 0 Å². The Hall–Kier alpha value is -2.21. The molecular formula is C26H29BrClN5O4. The number of nitrogens with zero attached hydrogens (tertiary/aromatic N) is 4. The zero-order valence-corrected chi connectivity index (χ0v) is 23.0. The van der Waals surface area contributed by atoms with Crippen LogP contribution in [0.5, 0.6) is 11.5 Å². The minimum atomic E-state index is -0.224. The van der Waals surface area contributed by atoms with Crippen molar-refractivity contribution in [2.24, 2.45) is 0 Å². The highest BCUT2D eigenvalue weighted by Crippen LogP contribution is 2.39. The van der Waals surface area contributed by atoms with Gasteiger partial charge in [-0.05, 0) is 47.2 Å². The lowest BCUT2D eigenvalue weighted by molar-refractivity contribution is 0.0121. The fourth-order valence-electron chi connectivity index (χ4n) is 5.30. The Labute approximate surface area is 229 Å². The van der Waals surface area contributed by atoms with Crippen molar-refractivity contribution in [1.29, 1.82) is 0 Å². The first-order valence-corrected chi connectivity index (χ1v) is 13.5. The Bertz CT molecular complexity index is 1290. The maximum atomic E-state index is 6.45. The molecule has 0 aliphatic carbocycles. The Morgan fingerprint density at radius 3 is 2.62 bits per heavy atom. The number of halogens is 2. The Morgan fingerprint density at radius 2 is 1.84 bits per heavy atom. The van der Waals surface area contributed by atoms with E-state index in [0.29, 0.717) is 35.6 Å². The predicted molar refractivity (Wildman–Crippen MR) is 145 cm³/mol. The number of fused-ring (bicyclic) bond motifs is 2. The van der Waals surface area contributed by atoms with Crippen LogP contribution in [-0.2, 0) is 9.47 Å². The number of anilines is 2. The molecule has 0 spiro atoms. The maximum Gasteiger partial charge on any atom is 0.164 e. The Kier molecular flexibility index (Phi) is 7.13. The molecular weight excluding hydrogens is 562 g/mol. The van der Waals surface area contributed by atoms with Gasteiger partial charge in [0.15, 0.2) is 17.6 Å². The van der Waals surface area contributed by atoms with E-state index in [-0.39, 0.29) is 24.4 Å². The molecule has 37 heavy (non-hydrogen) atoms. The van der Waals surface area contributed by atoms with Gasteiger partial charge in [0.1, 0.15) is 24.4 Å². The number of ether oxygens (including phenoxy) is 4. The van der Waals surface area contributed by atoms with Gasteiger partial charge < -0.3 is 29.2 Å². The summed E-state index contributed by atoms with van der Waals surface area (Å²) >= 11 is 9.69. The fraction of sp³-hybridized carbons (Fsp3) is 0.462. The van der Waals surface area contributed by atoms with Crippen molar-refractivity contribution in [2.75, 3.05) is 58.9 Å². The summed E-state index contributed by atoms with van der Waals surface area (Å²) in [5, 5.41) is 4.74. The Balaban J connectivity index is 1.21. The van der Waals surface area contributed by atoms with Crippen molar-refractivity contribution in [1.82, 2.24) is 19.8 Å². The first kappa shape index (κ1) is 25.1. The summed E-state index contributed by atoms with van der Waals surface area (Å²) < 4.78 is 25.4. The standard InChI is InChI=1S/C26H29BrClN5O4/c1-32-5-7-33(8-6-32)20-12-35-25-23(13-36-24(20)25)37-22-11-19-16(10-21(22)34-2)26(30-14-29-19)31-15-3-4-17(27)18(28)9-15/h3-4,9-11,14,20,23-25H,5-8,12-13H2,1-2H3,(H,29,30,31)/t20-,23-,24?,25?/m1/s1. The number of aromatic nitrogens is 2. The SMILES string of the molecule is COc1cc2c(Nc3ccc(Br)c(Cl)c3)ncnc2cc1O[C@@H]1COC2C1OC[C@H]2N1CCN(C)CC1. The monoisotopic (exact) mass is 589 g/mol. The van der Waals surface area contributed by atoms with Crippen LogP contribution in [0.3, 0.4) is 0 Å². The van der Waals surface area contributed by atoms with Gasteiger partial charge in [0.05, 0.1) is 36.9 Å².